The number of amides is 1. The van der Waals surface area contributed by atoms with Crippen LogP contribution in [-0.2, 0) is 20.7 Å². The molecule has 23 heavy (non-hydrogen) atoms. The molecule has 0 aliphatic heterocycles. The van der Waals surface area contributed by atoms with Crippen molar-refractivity contribution in [2.24, 2.45) is 0 Å². The molecule has 4 nitrogen and oxygen atoms in total. The van der Waals surface area contributed by atoms with Gasteiger partial charge in [-0.15, -0.1) is 11.3 Å². The minimum atomic E-state index is -0.401. The highest BCUT2D eigenvalue weighted by Gasteiger charge is 2.19. The number of methoxy groups -OCH3 is 1. The van der Waals surface area contributed by atoms with E-state index >= 15 is 0 Å². The van der Waals surface area contributed by atoms with Gasteiger partial charge in [-0.05, 0) is 35.6 Å². The molecule has 1 atom stereocenters. The zero-order valence-corrected chi connectivity index (χ0v) is 13.6. The number of rotatable bonds is 7. The number of carbonyl (C=O) groups excluding carboxylic acids is 2. The Bertz CT molecular complexity index is 658. The second-order valence-corrected chi connectivity index (χ2v) is 6.02. The topological polar surface area (TPSA) is 55.4 Å². The fraction of sp³-hybridized carbons (Fsp3) is 0.294. The summed E-state index contributed by atoms with van der Waals surface area (Å²) in [6.45, 7) is 0. The van der Waals surface area contributed by atoms with Gasteiger partial charge in [0.25, 0.3) is 0 Å². The molecule has 1 aromatic heterocycles. The lowest BCUT2D eigenvalue weighted by Crippen LogP contribution is -2.30. The molecule has 0 saturated heterocycles. The Morgan fingerprint density at radius 3 is 2.78 bits per heavy atom. The number of esters is 1. The molecule has 6 heteroatoms. The van der Waals surface area contributed by atoms with Crippen LogP contribution in [0.1, 0.15) is 29.3 Å². The fourth-order valence-corrected chi connectivity index (χ4v) is 2.96. The molecule has 0 radical (unpaired) electrons. The van der Waals surface area contributed by atoms with Gasteiger partial charge in [0, 0.05) is 11.3 Å². The lowest BCUT2D eigenvalue weighted by Gasteiger charge is -2.16. The quantitative estimate of drug-likeness (QED) is 0.790. The zero-order chi connectivity index (χ0) is 16.7. The molecule has 0 aliphatic rings. The van der Waals surface area contributed by atoms with E-state index in [-0.39, 0.29) is 30.5 Å². The summed E-state index contributed by atoms with van der Waals surface area (Å²) in [6.07, 6.45) is 0.758. The van der Waals surface area contributed by atoms with Crippen LogP contribution >= 0.6 is 11.3 Å². The van der Waals surface area contributed by atoms with Crippen LogP contribution in [0, 0.1) is 5.82 Å². The summed E-state index contributed by atoms with van der Waals surface area (Å²) in [5.74, 6) is -0.879. The van der Waals surface area contributed by atoms with Gasteiger partial charge in [0.2, 0.25) is 5.91 Å². The highest BCUT2D eigenvalue weighted by Crippen LogP contribution is 2.22. The number of carbonyl (C=O) groups is 2. The standard InChI is InChI=1S/C17H18FNO3S/c1-22-17(21)11-14(15-6-3-9-23-15)19-16(20)8-7-12-4-2-5-13(18)10-12/h2-6,9-10,14H,7-8,11H2,1H3,(H,19,20). The Hall–Kier alpha value is -2.21. The Morgan fingerprint density at radius 1 is 1.30 bits per heavy atom. The van der Waals surface area contributed by atoms with E-state index in [0.717, 1.165) is 10.4 Å². The van der Waals surface area contributed by atoms with Crippen molar-refractivity contribution in [1.29, 1.82) is 0 Å². The second kappa shape index (κ2) is 8.43. The first-order valence-electron chi connectivity index (χ1n) is 7.22. The monoisotopic (exact) mass is 335 g/mol. The third-order valence-electron chi connectivity index (χ3n) is 3.35. The van der Waals surface area contributed by atoms with Crippen LogP contribution in [0.3, 0.4) is 0 Å². The first kappa shape index (κ1) is 17.1. The SMILES string of the molecule is COC(=O)CC(NC(=O)CCc1cccc(F)c1)c1cccs1. The predicted octanol–water partition coefficient (Wildman–Crippen LogP) is 3.24. The summed E-state index contributed by atoms with van der Waals surface area (Å²) >= 11 is 1.47. The van der Waals surface area contributed by atoms with Crippen LogP contribution in [0.5, 0.6) is 0 Å². The third kappa shape index (κ3) is 5.49. The van der Waals surface area contributed by atoms with E-state index in [1.54, 1.807) is 12.1 Å². The van der Waals surface area contributed by atoms with Gasteiger partial charge in [-0.1, -0.05) is 18.2 Å². The maximum atomic E-state index is 13.1. The number of nitrogens with one attached hydrogen (secondary N) is 1. The van der Waals surface area contributed by atoms with Gasteiger partial charge in [-0.3, -0.25) is 9.59 Å². The maximum absolute atomic E-state index is 13.1. The Labute approximate surface area is 138 Å². The van der Waals surface area contributed by atoms with E-state index in [1.165, 1.54) is 30.6 Å². The largest absolute Gasteiger partial charge is 0.469 e. The van der Waals surface area contributed by atoms with Crippen molar-refractivity contribution in [3.05, 3.63) is 58.0 Å². The summed E-state index contributed by atoms with van der Waals surface area (Å²) in [5.41, 5.74) is 0.765. The summed E-state index contributed by atoms with van der Waals surface area (Å²) < 4.78 is 17.8. The average Bonchev–Trinajstić information content (AvgIpc) is 3.06. The first-order valence-corrected chi connectivity index (χ1v) is 8.10. The van der Waals surface area contributed by atoms with E-state index < -0.39 is 6.04 Å². The van der Waals surface area contributed by atoms with Gasteiger partial charge < -0.3 is 10.1 Å². The van der Waals surface area contributed by atoms with E-state index in [0.29, 0.717) is 6.42 Å². The molecule has 2 rings (SSSR count). The number of thiophene rings is 1. The lowest BCUT2D eigenvalue weighted by molar-refractivity contribution is -0.141. The summed E-state index contributed by atoms with van der Waals surface area (Å²) in [6, 6.07) is 9.51. The van der Waals surface area contributed by atoms with Gasteiger partial charge in [0.05, 0.1) is 19.6 Å². The van der Waals surface area contributed by atoms with Crippen molar-refractivity contribution in [3.63, 3.8) is 0 Å². The summed E-state index contributed by atoms with van der Waals surface area (Å²) in [7, 11) is 1.32. The average molecular weight is 335 g/mol. The molecule has 0 saturated carbocycles. The number of halogens is 1. The molecule has 0 spiro atoms. The number of hydrogen-bond donors (Lipinski definition) is 1. The Morgan fingerprint density at radius 2 is 2.13 bits per heavy atom. The van der Waals surface area contributed by atoms with Gasteiger partial charge in [0.1, 0.15) is 5.82 Å². The number of hydrogen-bond acceptors (Lipinski definition) is 4. The van der Waals surface area contributed by atoms with Crippen molar-refractivity contribution in [3.8, 4) is 0 Å². The van der Waals surface area contributed by atoms with Crippen LogP contribution in [-0.4, -0.2) is 19.0 Å². The second-order valence-electron chi connectivity index (χ2n) is 5.05. The normalized spacial score (nSPS) is 11.7. The molecule has 2 aromatic rings. The van der Waals surface area contributed by atoms with Crippen molar-refractivity contribution >= 4 is 23.2 Å². The number of ether oxygens (including phenoxy) is 1. The van der Waals surface area contributed by atoms with E-state index in [4.69, 9.17) is 0 Å². The van der Waals surface area contributed by atoms with Crippen LogP contribution in [0.15, 0.2) is 41.8 Å². The molecule has 0 aliphatic carbocycles. The molecular weight excluding hydrogens is 317 g/mol. The molecule has 1 heterocycles. The molecule has 0 fully saturated rings. The van der Waals surface area contributed by atoms with Gasteiger partial charge in [0.15, 0.2) is 0 Å². The minimum Gasteiger partial charge on any atom is -0.469 e. The van der Waals surface area contributed by atoms with E-state index in [2.05, 4.69) is 10.1 Å². The molecule has 122 valence electrons. The molecule has 1 unspecified atom stereocenters. The summed E-state index contributed by atoms with van der Waals surface area (Å²) in [5, 5.41) is 4.73. The van der Waals surface area contributed by atoms with E-state index in [9.17, 15) is 14.0 Å². The third-order valence-corrected chi connectivity index (χ3v) is 4.34. The molecule has 1 aromatic carbocycles. The lowest BCUT2D eigenvalue weighted by atomic mass is 10.1. The Balaban J connectivity index is 1.93. The van der Waals surface area contributed by atoms with Gasteiger partial charge in [-0.25, -0.2) is 4.39 Å². The first-order chi connectivity index (χ1) is 11.1. The van der Waals surface area contributed by atoms with Crippen LogP contribution in [0.4, 0.5) is 4.39 Å². The van der Waals surface area contributed by atoms with Crippen LogP contribution < -0.4 is 5.32 Å². The Kier molecular flexibility index (Phi) is 6.29. The maximum Gasteiger partial charge on any atom is 0.307 e. The number of aryl methyl sites for hydroxylation is 1. The fourth-order valence-electron chi connectivity index (χ4n) is 2.18. The van der Waals surface area contributed by atoms with Crippen LogP contribution in [0.2, 0.25) is 0 Å². The summed E-state index contributed by atoms with van der Waals surface area (Å²) in [4.78, 5) is 24.5. The van der Waals surface area contributed by atoms with Gasteiger partial charge >= 0.3 is 5.97 Å². The van der Waals surface area contributed by atoms with Crippen molar-refractivity contribution < 1.29 is 18.7 Å². The highest BCUT2D eigenvalue weighted by molar-refractivity contribution is 7.10. The van der Waals surface area contributed by atoms with E-state index in [1.807, 2.05) is 17.5 Å². The molecule has 1 amide bonds. The van der Waals surface area contributed by atoms with Crippen LogP contribution in [0.25, 0.3) is 0 Å². The molecular formula is C17H18FNO3S. The minimum absolute atomic E-state index is 0.0860. The van der Waals surface area contributed by atoms with Crippen molar-refractivity contribution in [1.82, 2.24) is 5.32 Å². The number of benzene rings is 1. The highest BCUT2D eigenvalue weighted by atomic mass is 32.1. The predicted molar refractivity (Wildman–Crippen MR) is 86.6 cm³/mol. The van der Waals surface area contributed by atoms with Crippen molar-refractivity contribution in [2.75, 3.05) is 7.11 Å². The zero-order valence-electron chi connectivity index (χ0n) is 12.8. The van der Waals surface area contributed by atoms with Gasteiger partial charge in [-0.2, -0.15) is 0 Å². The molecule has 0 bridgehead atoms. The van der Waals surface area contributed by atoms with Crippen molar-refractivity contribution in [2.45, 2.75) is 25.3 Å². The smallest absolute Gasteiger partial charge is 0.307 e. The molecule has 1 N–H and O–H groups in total.